The summed E-state index contributed by atoms with van der Waals surface area (Å²) in [6, 6.07) is 15.1. The number of aliphatic hydroxyl groups is 2. The van der Waals surface area contributed by atoms with Crippen molar-refractivity contribution in [3.8, 4) is 5.75 Å². The number of nitrogens with zero attached hydrogens (tertiary/aromatic N) is 1. The van der Waals surface area contributed by atoms with E-state index >= 15 is 0 Å². The molecule has 3 fully saturated rings. The molecule has 10 heteroatoms. The normalized spacial score (nSPS) is 26.8. The van der Waals surface area contributed by atoms with Crippen molar-refractivity contribution in [1.82, 2.24) is 10.2 Å². The van der Waals surface area contributed by atoms with E-state index in [4.69, 9.17) is 9.15 Å². The first kappa shape index (κ1) is 31.7. The first-order valence-electron chi connectivity index (χ1n) is 15.6. The van der Waals surface area contributed by atoms with Crippen LogP contribution in [0.2, 0.25) is 0 Å². The van der Waals surface area contributed by atoms with E-state index in [-0.39, 0.29) is 36.5 Å². The standard InChI is InChI=1S/C35H39IN2O7/c1-35(2)23-12-11-21(25(35)18-23)19-38(33(42)24-15-20-7-3-5-9-28(20)45-34(24)43)27-16-22(32(41)37-13-14-39)17-30(31(27)40)44-29-10-6-4-8-26(29)36/h3-10,15,17,21,23,25,27,30-31,39-40H,11-14,16,18-19H2,1-2H3,(H,37,41)/t21-,23-,25-,27+,30-,31-/m0/s1. The van der Waals surface area contributed by atoms with Crippen molar-refractivity contribution < 1.29 is 29.0 Å². The molecule has 4 aliphatic rings. The average Bonchev–Trinajstić information content (AvgIpc) is 3.03. The number of rotatable bonds is 9. The van der Waals surface area contributed by atoms with E-state index in [0.717, 1.165) is 22.8 Å². The van der Waals surface area contributed by atoms with Crippen molar-refractivity contribution >= 4 is 45.4 Å². The Morgan fingerprint density at radius 3 is 2.62 bits per heavy atom. The largest absolute Gasteiger partial charge is 0.482 e. The highest BCUT2D eigenvalue weighted by Crippen LogP contribution is 2.61. The number of halogens is 1. The van der Waals surface area contributed by atoms with Crippen LogP contribution in [0.5, 0.6) is 5.75 Å². The summed E-state index contributed by atoms with van der Waals surface area (Å²) in [4.78, 5) is 42.7. The summed E-state index contributed by atoms with van der Waals surface area (Å²) in [6.45, 7) is 4.74. The summed E-state index contributed by atoms with van der Waals surface area (Å²) in [5.74, 6) is 0.823. The molecule has 4 aliphatic carbocycles. The molecule has 0 saturated heterocycles. The molecule has 6 atom stereocenters. The summed E-state index contributed by atoms with van der Waals surface area (Å²) < 4.78 is 12.7. The summed E-state index contributed by atoms with van der Waals surface area (Å²) in [5, 5.41) is 24.6. The number of hydrogen-bond acceptors (Lipinski definition) is 7. The molecule has 7 rings (SSSR count). The van der Waals surface area contributed by atoms with E-state index < -0.39 is 35.7 Å². The minimum atomic E-state index is -1.20. The number of benzene rings is 2. The number of aliphatic hydroxyl groups excluding tert-OH is 2. The molecule has 0 radical (unpaired) electrons. The Morgan fingerprint density at radius 2 is 1.89 bits per heavy atom. The molecule has 3 N–H and O–H groups in total. The second-order valence-electron chi connectivity index (χ2n) is 13.1. The maximum Gasteiger partial charge on any atom is 0.349 e. The van der Waals surface area contributed by atoms with E-state index in [9.17, 15) is 24.6 Å². The fourth-order valence-electron chi connectivity index (χ4n) is 7.63. The second kappa shape index (κ2) is 12.9. The van der Waals surface area contributed by atoms with Crippen LogP contribution in [0.4, 0.5) is 0 Å². The quantitative estimate of drug-likeness (QED) is 0.219. The Kier molecular flexibility index (Phi) is 9.09. The topological polar surface area (TPSA) is 129 Å². The maximum absolute atomic E-state index is 14.5. The number of para-hydroxylation sites is 2. The molecule has 2 aromatic carbocycles. The third-order valence-electron chi connectivity index (χ3n) is 10.3. The zero-order valence-corrected chi connectivity index (χ0v) is 27.6. The molecule has 238 valence electrons. The number of carbonyl (C=O) groups is 2. The van der Waals surface area contributed by atoms with Crippen LogP contribution in [0.15, 0.2) is 75.5 Å². The number of nitrogens with one attached hydrogen (secondary N) is 1. The van der Waals surface area contributed by atoms with Gasteiger partial charge in [-0.2, -0.15) is 0 Å². The van der Waals surface area contributed by atoms with Gasteiger partial charge in [-0.3, -0.25) is 9.59 Å². The smallest absolute Gasteiger partial charge is 0.349 e. The van der Waals surface area contributed by atoms with Crippen molar-refractivity contribution in [3.05, 3.63) is 85.8 Å². The van der Waals surface area contributed by atoms with Gasteiger partial charge in [-0.15, -0.1) is 0 Å². The van der Waals surface area contributed by atoms with Crippen molar-refractivity contribution in [2.75, 3.05) is 19.7 Å². The molecule has 9 nitrogen and oxygen atoms in total. The van der Waals surface area contributed by atoms with Crippen LogP contribution in [0.25, 0.3) is 11.0 Å². The van der Waals surface area contributed by atoms with Crippen LogP contribution in [-0.4, -0.2) is 64.9 Å². The zero-order chi connectivity index (χ0) is 31.9. The summed E-state index contributed by atoms with van der Waals surface area (Å²) in [7, 11) is 0. The van der Waals surface area contributed by atoms with Gasteiger partial charge >= 0.3 is 5.63 Å². The van der Waals surface area contributed by atoms with Gasteiger partial charge in [0.2, 0.25) is 5.91 Å². The lowest BCUT2D eigenvalue weighted by Gasteiger charge is -2.61. The highest BCUT2D eigenvalue weighted by molar-refractivity contribution is 14.1. The van der Waals surface area contributed by atoms with Gasteiger partial charge in [0.25, 0.3) is 5.91 Å². The fraction of sp³-hybridized carbons (Fsp3) is 0.457. The predicted molar refractivity (Wildman–Crippen MR) is 178 cm³/mol. The highest BCUT2D eigenvalue weighted by Gasteiger charge is 2.55. The van der Waals surface area contributed by atoms with E-state index in [1.54, 1.807) is 41.3 Å². The van der Waals surface area contributed by atoms with E-state index in [1.807, 2.05) is 24.3 Å². The molecule has 3 aromatic rings. The highest BCUT2D eigenvalue weighted by atomic mass is 127. The van der Waals surface area contributed by atoms with Gasteiger partial charge in [-0.1, -0.05) is 44.2 Å². The number of carbonyl (C=O) groups excluding carboxylic acids is 2. The van der Waals surface area contributed by atoms with Crippen molar-refractivity contribution in [1.29, 1.82) is 0 Å². The molecule has 2 bridgehead atoms. The third-order valence-corrected chi connectivity index (χ3v) is 11.2. The van der Waals surface area contributed by atoms with Crippen LogP contribution < -0.4 is 15.7 Å². The van der Waals surface area contributed by atoms with Crippen LogP contribution in [0.1, 0.15) is 49.9 Å². The minimum Gasteiger partial charge on any atom is -0.482 e. The predicted octanol–water partition coefficient (Wildman–Crippen LogP) is 4.53. The molecule has 1 heterocycles. The first-order chi connectivity index (χ1) is 21.6. The summed E-state index contributed by atoms with van der Waals surface area (Å²) in [6.07, 6.45) is 2.61. The Hall–Kier alpha value is -3.22. The lowest BCUT2D eigenvalue weighted by molar-refractivity contribution is -0.120. The Labute approximate surface area is 275 Å². The van der Waals surface area contributed by atoms with Gasteiger partial charge in [-0.05, 0) is 95.4 Å². The van der Waals surface area contributed by atoms with Crippen LogP contribution in [0.3, 0.4) is 0 Å². The SMILES string of the molecule is CC1(C)[C@H]2CC[C@@H](CN(C(=O)c3cc4ccccc4oc3=O)[C@@H]3CC(C(=O)NCCO)=C[C@H](Oc4ccccc4I)[C@H]3O)[C@@H]1C2. The number of hydrogen-bond donors (Lipinski definition) is 3. The average molecular weight is 727 g/mol. The number of amides is 2. The van der Waals surface area contributed by atoms with E-state index in [1.165, 1.54) is 0 Å². The van der Waals surface area contributed by atoms with Crippen molar-refractivity contribution in [3.63, 3.8) is 0 Å². The maximum atomic E-state index is 14.5. The van der Waals surface area contributed by atoms with Crippen molar-refractivity contribution in [2.24, 2.45) is 23.2 Å². The summed E-state index contributed by atoms with van der Waals surface area (Å²) in [5.41, 5.74) is 0.0128. The lowest BCUT2D eigenvalue weighted by Crippen LogP contribution is -2.59. The number of fused-ring (bicyclic) bond motifs is 3. The van der Waals surface area contributed by atoms with Crippen LogP contribution in [0, 0.1) is 26.7 Å². The van der Waals surface area contributed by atoms with Crippen LogP contribution >= 0.6 is 22.6 Å². The van der Waals surface area contributed by atoms with Gasteiger partial charge < -0.3 is 29.6 Å². The molecule has 45 heavy (non-hydrogen) atoms. The van der Waals surface area contributed by atoms with E-state index in [0.29, 0.717) is 40.7 Å². The Morgan fingerprint density at radius 1 is 1.13 bits per heavy atom. The van der Waals surface area contributed by atoms with Gasteiger partial charge in [-0.25, -0.2) is 4.79 Å². The van der Waals surface area contributed by atoms with Crippen molar-refractivity contribution in [2.45, 2.75) is 57.8 Å². The molecule has 0 unspecified atom stereocenters. The second-order valence-corrected chi connectivity index (χ2v) is 14.2. The monoisotopic (exact) mass is 726 g/mol. The van der Waals surface area contributed by atoms with Crippen LogP contribution in [-0.2, 0) is 4.79 Å². The zero-order valence-electron chi connectivity index (χ0n) is 25.4. The lowest BCUT2D eigenvalue weighted by atomic mass is 9.45. The molecule has 2 amide bonds. The van der Waals surface area contributed by atoms with E-state index in [2.05, 4.69) is 41.8 Å². The molecule has 3 saturated carbocycles. The Balaban J connectivity index is 1.40. The van der Waals surface area contributed by atoms with Gasteiger partial charge in [0, 0.05) is 30.5 Å². The minimum absolute atomic E-state index is 0.0538. The Bertz CT molecular complexity index is 1680. The fourth-order valence-corrected chi connectivity index (χ4v) is 8.15. The molecular formula is C35H39IN2O7. The first-order valence-corrected chi connectivity index (χ1v) is 16.7. The summed E-state index contributed by atoms with van der Waals surface area (Å²) >= 11 is 2.15. The van der Waals surface area contributed by atoms with Gasteiger partial charge in [0.15, 0.2) is 0 Å². The number of ether oxygens (including phenoxy) is 1. The third kappa shape index (κ3) is 6.16. The molecule has 1 aromatic heterocycles. The van der Waals surface area contributed by atoms with Gasteiger partial charge in [0.1, 0.15) is 29.1 Å². The molecule has 0 aliphatic heterocycles. The molecular weight excluding hydrogens is 687 g/mol. The van der Waals surface area contributed by atoms with Gasteiger partial charge in [0.05, 0.1) is 16.2 Å². The molecule has 0 spiro atoms.